The van der Waals surface area contributed by atoms with Gasteiger partial charge in [0.25, 0.3) is 0 Å². The Kier molecular flexibility index (Phi) is 11.5. The van der Waals surface area contributed by atoms with Gasteiger partial charge in [-0.15, -0.1) is 53.6 Å². The van der Waals surface area contributed by atoms with Crippen LogP contribution < -0.4 is 5.19 Å². The van der Waals surface area contributed by atoms with Crippen molar-refractivity contribution in [3.8, 4) is 33.6 Å². The molecule has 8 aromatic rings. The molecule has 261 valence electrons. The van der Waals surface area contributed by atoms with E-state index in [4.69, 9.17) is 9.40 Å². The first-order valence-corrected chi connectivity index (χ1v) is 21.1. The molecule has 52 heavy (non-hydrogen) atoms. The van der Waals surface area contributed by atoms with Crippen LogP contribution in [-0.4, -0.2) is 18.0 Å². The molecule has 0 bridgehead atoms. The smallest absolute Gasteiger partial charge is 0.120 e. The molecule has 0 aliphatic heterocycles. The first kappa shape index (κ1) is 36.8. The Hall–Kier alpha value is -4.93. The molecule has 0 aliphatic rings. The second-order valence-corrected chi connectivity index (χ2v) is 19.4. The van der Waals surface area contributed by atoms with E-state index in [-0.39, 0.29) is 20.1 Å². The van der Waals surface area contributed by atoms with Crippen molar-refractivity contribution in [2.75, 3.05) is 0 Å². The molecule has 0 spiro atoms. The maximum Gasteiger partial charge on any atom is 0.120 e. The van der Waals surface area contributed by atoms with Gasteiger partial charge in [-0.05, 0) is 63.8 Å². The fourth-order valence-electron chi connectivity index (χ4n) is 6.58. The normalized spacial score (nSPS) is 11.3. The van der Waals surface area contributed by atoms with Crippen LogP contribution in [0.4, 0.5) is 0 Å². The number of nitrogens with zero attached hydrogens (tertiary/aromatic N) is 2. The molecule has 0 aliphatic carbocycles. The van der Waals surface area contributed by atoms with Crippen LogP contribution in [0.3, 0.4) is 0 Å². The molecule has 5 heteroatoms. The number of hydrogen-bond acceptors (Lipinski definition) is 3. The predicted octanol–water partition coefficient (Wildman–Crippen LogP) is 11.9. The van der Waals surface area contributed by atoms with Gasteiger partial charge < -0.3 is 14.4 Å². The van der Waals surface area contributed by atoms with Crippen molar-refractivity contribution >= 4 is 35.2 Å². The van der Waals surface area contributed by atoms with Crippen LogP contribution in [0.15, 0.2) is 150 Å². The third-order valence-corrected chi connectivity index (χ3v) is 11.3. The summed E-state index contributed by atoms with van der Waals surface area (Å²) >= 11 is 0. The summed E-state index contributed by atoms with van der Waals surface area (Å²) in [5, 5.41) is 3.71. The minimum absolute atomic E-state index is 0. The average molecular weight is 871 g/mol. The Labute approximate surface area is 322 Å². The summed E-state index contributed by atoms with van der Waals surface area (Å²) in [7, 11) is -1.40. The fraction of sp³-hybridized carbons (Fsp3) is 0.149. The van der Waals surface area contributed by atoms with Crippen LogP contribution in [0.1, 0.15) is 36.5 Å². The number of hydrogen-bond donors (Lipinski definition) is 0. The fourth-order valence-corrected chi connectivity index (χ4v) is 8.26. The van der Waals surface area contributed by atoms with Gasteiger partial charge in [0.15, 0.2) is 0 Å². The standard InChI is InChI=1S/C24H16NO.C23H26NSi.Ir/c1-2-7-17(8-3-1)15-18-12-13-23-21(16-18)19-9-6-10-20(24(19)26-23)22-11-4-5-14-25-22;1-17(2)21-15-22(24-16-23(21)25(3,4)5)20-13-9-12-19(14-20)18-10-7-6-8-11-18;/h1-9,11-14,16H,15H2;6-12,14-17H,1-5H3;/q2*-1;. The van der Waals surface area contributed by atoms with Crippen molar-refractivity contribution in [2.24, 2.45) is 0 Å². The van der Waals surface area contributed by atoms with E-state index >= 15 is 0 Å². The van der Waals surface area contributed by atoms with Gasteiger partial charge in [-0.25, -0.2) is 0 Å². The van der Waals surface area contributed by atoms with Crippen LogP contribution in [0.25, 0.3) is 55.6 Å². The first-order valence-electron chi connectivity index (χ1n) is 17.6. The van der Waals surface area contributed by atoms with Crippen molar-refractivity contribution in [2.45, 2.75) is 45.8 Å². The van der Waals surface area contributed by atoms with E-state index in [0.29, 0.717) is 5.92 Å². The molecule has 1 radical (unpaired) electrons. The molecule has 0 saturated heterocycles. The molecule has 0 N–H and O–H groups in total. The number of benzene rings is 5. The average Bonchev–Trinajstić information content (AvgIpc) is 3.54. The number of aromatic nitrogens is 2. The maximum atomic E-state index is 6.17. The molecular weight excluding hydrogens is 829 g/mol. The van der Waals surface area contributed by atoms with Crippen molar-refractivity contribution in [3.05, 3.63) is 175 Å². The molecule has 3 nitrogen and oxygen atoms in total. The van der Waals surface area contributed by atoms with Gasteiger partial charge in [-0.3, -0.25) is 0 Å². The Morgan fingerprint density at radius 2 is 1.38 bits per heavy atom. The van der Waals surface area contributed by atoms with E-state index in [1.165, 1.54) is 33.0 Å². The SMILES string of the molecule is CC(C)c1cc(-c2[c-]ccc(-c3ccccc3)c2)ncc1[Si](C)(C)C.[Ir].[c-]1ccc2c(oc3ccc(Cc4ccccc4)cc32)c1-c1ccccn1. The zero-order valence-corrected chi connectivity index (χ0v) is 33.7. The molecule has 0 amide bonds. The number of rotatable bonds is 7. The molecule has 0 fully saturated rings. The van der Waals surface area contributed by atoms with E-state index in [1.807, 2.05) is 42.5 Å². The van der Waals surface area contributed by atoms with E-state index in [2.05, 4.69) is 148 Å². The number of furan rings is 1. The summed E-state index contributed by atoms with van der Waals surface area (Å²) in [6, 6.07) is 52.6. The molecular formula is C47H42IrN2OSi-2. The van der Waals surface area contributed by atoms with Gasteiger partial charge in [-0.2, -0.15) is 0 Å². The van der Waals surface area contributed by atoms with Crippen LogP contribution in [0.2, 0.25) is 19.6 Å². The molecule has 0 saturated carbocycles. The zero-order chi connectivity index (χ0) is 35.4. The van der Waals surface area contributed by atoms with Crippen molar-refractivity contribution in [1.29, 1.82) is 0 Å². The Morgan fingerprint density at radius 3 is 2.10 bits per heavy atom. The van der Waals surface area contributed by atoms with Gasteiger partial charge in [0.2, 0.25) is 0 Å². The van der Waals surface area contributed by atoms with Gasteiger partial charge >= 0.3 is 0 Å². The minimum Gasteiger partial charge on any atom is -0.501 e. The monoisotopic (exact) mass is 871 g/mol. The number of fused-ring (bicyclic) bond motifs is 3. The van der Waals surface area contributed by atoms with Crippen LogP contribution in [0, 0.1) is 12.1 Å². The summed E-state index contributed by atoms with van der Waals surface area (Å²) in [6.07, 6.45) is 4.82. The Bertz CT molecular complexity index is 2400. The quantitative estimate of drug-likeness (QED) is 0.118. The molecule has 3 aromatic heterocycles. The van der Waals surface area contributed by atoms with Gasteiger partial charge in [0, 0.05) is 37.9 Å². The minimum atomic E-state index is -1.40. The second-order valence-electron chi connectivity index (χ2n) is 14.3. The summed E-state index contributed by atoms with van der Waals surface area (Å²) in [4.78, 5) is 9.25. The summed E-state index contributed by atoms with van der Waals surface area (Å²) in [5.41, 5.74) is 12.0. The maximum absolute atomic E-state index is 6.17. The summed E-state index contributed by atoms with van der Waals surface area (Å²) in [5.74, 6) is 0.501. The van der Waals surface area contributed by atoms with Gasteiger partial charge in [-0.1, -0.05) is 135 Å². The van der Waals surface area contributed by atoms with Gasteiger partial charge in [0.05, 0.1) is 13.7 Å². The zero-order valence-electron chi connectivity index (χ0n) is 30.3. The molecule has 5 aromatic carbocycles. The molecule has 3 heterocycles. The third-order valence-electron chi connectivity index (χ3n) is 9.22. The topological polar surface area (TPSA) is 38.9 Å². The van der Waals surface area contributed by atoms with Crippen molar-refractivity contribution in [1.82, 2.24) is 9.97 Å². The van der Waals surface area contributed by atoms with E-state index in [0.717, 1.165) is 50.9 Å². The molecule has 0 atom stereocenters. The second kappa shape index (κ2) is 16.2. The third kappa shape index (κ3) is 8.24. The van der Waals surface area contributed by atoms with E-state index in [9.17, 15) is 0 Å². The van der Waals surface area contributed by atoms with Gasteiger partial charge in [0.1, 0.15) is 5.58 Å². The predicted molar refractivity (Wildman–Crippen MR) is 216 cm³/mol. The van der Waals surface area contributed by atoms with Crippen LogP contribution in [-0.2, 0) is 26.5 Å². The van der Waals surface area contributed by atoms with E-state index < -0.39 is 8.07 Å². The molecule has 0 unspecified atom stereocenters. The van der Waals surface area contributed by atoms with Crippen LogP contribution in [0.5, 0.6) is 0 Å². The van der Waals surface area contributed by atoms with Crippen molar-refractivity contribution < 1.29 is 24.5 Å². The number of pyridine rings is 2. The molecule has 8 rings (SSSR count). The van der Waals surface area contributed by atoms with Crippen molar-refractivity contribution in [3.63, 3.8) is 0 Å². The first-order chi connectivity index (χ1) is 24.7. The Balaban J connectivity index is 0.000000175. The summed E-state index contributed by atoms with van der Waals surface area (Å²) < 4.78 is 6.17. The Morgan fingerprint density at radius 1 is 0.654 bits per heavy atom. The summed E-state index contributed by atoms with van der Waals surface area (Å²) in [6.45, 7) is 11.7. The van der Waals surface area contributed by atoms with E-state index in [1.54, 1.807) is 6.20 Å². The van der Waals surface area contributed by atoms with Crippen LogP contribution >= 0.6 is 0 Å². The largest absolute Gasteiger partial charge is 0.501 e.